The maximum Gasteiger partial charge on any atom is 0.337 e. The molecule has 6 heteroatoms. The van der Waals surface area contributed by atoms with Crippen LogP contribution in [0.5, 0.6) is 5.75 Å². The molecule has 0 saturated carbocycles. The van der Waals surface area contributed by atoms with Crippen molar-refractivity contribution in [3.63, 3.8) is 0 Å². The molecule has 0 aromatic heterocycles. The van der Waals surface area contributed by atoms with E-state index in [2.05, 4.69) is 5.32 Å². The largest absolute Gasteiger partial charge is 0.508 e. The molecular weight excluding hydrogens is 248 g/mol. The predicted molar refractivity (Wildman–Crippen MR) is 69.4 cm³/mol. The number of aromatic carboxylic acids is 1. The molecule has 1 heterocycles. The van der Waals surface area contributed by atoms with Crippen LogP contribution in [0, 0.1) is 0 Å². The summed E-state index contributed by atoms with van der Waals surface area (Å²) in [4.78, 5) is 24.6. The third kappa shape index (κ3) is 3.04. The van der Waals surface area contributed by atoms with E-state index in [9.17, 15) is 14.7 Å². The summed E-state index contributed by atoms with van der Waals surface area (Å²) in [5.74, 6) is -1.36. The molecule has 1 aromatic rings. The average molecular weight is 262 g/mol. The molecule has 2 rings (SSSR count). The minimum Gasteiger partial charge on any atom is -0.508 e. The summed E-state index contributed by atoms with van der Waals surface area (Å²) < 4.78 is 0. The summed E-state index contributed by atoms with van der Waals surface area (Å²) in [7, 11) is 0. The fraction of sp³-hybridized carbons (Fsp3) is 0.231. The molecular formula is C13H14N2O4. The van der Waals surface area contributed by atoms with Crippen molar-refractivity contribution in [3.05, 3.63) is 35.9 Å². The van der Waals surface area contributed by atoms with Gasteiger partial charge in [-0.25, -0.2) is 9.59 Å². The number of carbonyl (C=O) groups is 2. The quantitative estimate of drug-likeness (QED) is 0.560. The van der Waals surface area contributed by atoms with Crippen LogP contribution in [-0.2, 0) is 0 Å². The van der Waals surface area contributed by atoms with Crippen molar-refractivity contribution in [2.45, 2.75) is 6.42 Å². The first kappa shape index (κ1) is 12.9. The Morgan fingerprint density at radius 3 is 2.68 bits per heavy atom. The fourth-order valence-electron chi connectivity index (χ4n) is 1.84. The van der Waals surface area contributed by atoms with Crippen LogP contribution in [-0.4, -0.2) is 40.2 Å². The first-order valence-corrected chi connectivity index (χ1v) is 5.85. The van der Waals surface area contributed by atoms with Crippen molar-refractivity contribution in [1.82, 2.24) is 4.90 Å². The second-order valence-electron chi connectivity index (χ2n) is 4.17. The number of nitrogens with one attached hydrogen (secondary N) is 1. The number of urea groups is 1. The van der Waals surface area contributed by atoms with Gasteiger partial charge in [0.05, 0.1) is 11.3 Å². The van der Waals surface area contributed by atoms with E-state index < -0.39 is 5.97 Å². The fourth-order valence-corrected chi connectivity index (χ4v) is 1.84. The number of anilines is 1. The van der Waals surface area contributed by atoms with E-state index in [4.69, 9.17) is 5.11 Å². The number of carboxylic acid groups (broad SMARTS) is 1. The van der Waals surface area contributed by atoms with Crippen LogP contribution >= 0.6 is 0 Å². The lowest BCUT2D eigenvalue weighted by molar-refractivity contribution is 0.0697. The van der Waals surface area contributed by atoms with Gasteiger partial charge in [-0.2, -0.15) is 0 Å². The molecule has 0 radical (unpaired) electrons. The standard InChI is InChI=1S/C13H14N2O4/c16-9-4-5-11(10(8-9)12(17)18)14-13(19)15-6-2-1-3-7-15/h1-2,4-5,8,16H,3,6-7H2,(H,14,19)(H,17,18). The third-order valence-electron chi connectivity index (χ3n) is 2.82. The van der Waals surface area contributed by atoms with Crippen LogP contribution in [0.15, 0.2) is 30.4 Å². The number of hydrogen-bond donors (Lipinski definition) is 3. The zero-order valence-corrected chi connectivity index (χ0v) is 10.2. The predicted octanol–water partition coefficient (Wildman–Crippen LogP) is 1.88. The van der Waals surface area contributed by atoms with Gasteiger partial charge in [-0.05, 0) is 24.6 Å². The van der Waals surface area contributed by atoms with Crippen LogP contribution in [0.2, 0.25) is 0 Å². The Bertz CT molecular complexity index is 539. The molecule has 1 aliphatic heterocycles. The van der Waals surface area contributed by atoms with Gasteiger partial charge in [0, 0.05) is 13.1 Å². The first-order chi connectivity index (χ1) is 9.08. The highest BCUT2D eigenvalue weighted by molar-refractivity contribution is 6.00. The minimum atomic E-state index is -1.20. The summed E-state index contributed by atoms with van der Waals surface area (Å²) in [6, 6.07) is 3.46. The third-order valence-corrected chi connectivity index (χ3v) is 2.82. The number of carboxylic acids is 1. The number of hydrogen-bond acceptors (Lipinski definition) is 3. The highest BCUT2D eigenvalue weighted by Crippen LogP contribution is 2.21. The topological polar surface area (TPSA) is 89.9 Å². The minimum absolute atomic E-state index is 0.138. The molecule has 0 spiro atoms. The highest BCUT2D eigenvalue weighted by atomic mass is 16.4. The molecule has 6 nitrogen and oxygen atoms in total. The first-order valence-electron chi connectivity index (χ1n) is 5.85. The van der Waals surface area contributed by atoms with Gasteiger partial charge in [-0.1, -0.05) is 12.2 Å². The number of benzene rings is 1. The molecule has 1 aromatic carbocycles. The Morgan fingerprint density at radius 2 is 2.05 bits per heavy atom. The van der Waals surface area contributed by atoms with Crippen molar-refractivity contribution >= 4 is 17.7 Å². The van der Waals surface area contributed by atoms with Crippen molar-refractivity contribution in [3.8, 4) is 5.75 Å². The Morgan fingerprint density at radius 1 is 1.26 bits per heavy atom. The Kier molecular flexibility index (Phi) is 3.70. The van der Waals surface area contributed by atoms with Gasteiger partial charge < -0.3 is 20.4 Å². The smallest absolute Gasteiger partial charge is 0.337 e. The zero-order valence-electron chi connectivity index (χ0n) is 10.2. The summed E-state index contributed by atoms with van der Waals surface area (Å²) in [5.41, 5.74) is 0.0331. The normalized spacial score (nSPS) is 14.2. The molecule has 100 valence electrons. The SMILES string of the molecule is O=C(O)c1cc(O)ccc1NC(=O)N1CC=CCC1. The van der Waals surface area contributed by atoms with E-state index in [0.29, 0.717) is 13.1 Å². The molecule has 0 bridgehead atoms. The molecule has 0 aliphatic carbocycles. The molecule has 0 fully saturated rings. The second kappa shape index (κ2) is 5.43. The van der Waals surface area contributed by atoms with Gasteiger partial charge in [0.1, 0.15) is 5.75 Å². The van der Waals surface area contributed by atoms with Gasteiger partial charge in [-0.15, -0.1) is 0 Å². The average Bonchev–Trinajstić information content (AvgIpc) is 2.41. The maximum atomic E-state index is 12.0. The summed E-state index contributed by atoms with van der Waals surface area (Å²) in [6.07, 6.45) is 4.67. The summed E-state index contributed by atoms with van der Waals surface area (Å²) >= 11 is 0. The lowest BCUT2D eigenvalue weighted by Gasteiger charge is -2.24. The van der Waals surface area contributed by atoms with Crippen molar-refractivity contribution in [1.29, 1.82) is 0 Å². The van der Waals surface area contributed by atoms with E-state index in [1.165, 1.54) is 12.1 Å². The molecule has 3 N–H and O–H groups in total. The van der Waals surface area contributed by atoms with Crippen molar-refractivity contribution < 1.29 is 19.8 Å². The molecule has 2 amide bonds. The lowest BCUT2D eigenvalue weighted by atomic mass is 10.1. The van der Waals surface area contributed by atoms with Gasteiger partial charge in [0.2, 0.25) is 0 Å². The number of aromatic hydroxyl groups is 1. The Labute approximate surface area is 110 Å². The highest BCUT2D eigenvalue weighted by Gasteiger charge is 2.17. The van der Waals surface area contributed by atoms with E-state index in [1.807, 2.05) is 12.2 Å². The van der Waals surface area contributed by atoms with Gasteiger partial charge in [0.15, 0.2) is 0 Å². The lowest BCUT2D eigenvalue weighted by Crippen LogP contribution is -2.37. The van der Waals surface area contributed by atoms with Crippen LogP contribution in [0.3, 0.4) is 0 Å². The van der Waals surface area contributed by atoms with Gasteiger partial charge >= 0.3 is 12.0 Å². The number of nitrogens with zero attached hydrogens (tertiary/aromatic N) is 1. The monoisotopic (exact) mass is 262 g/mol. The Hall–Kier alpha value is -2.50. The van der Waals surface area contributed by atoms with Crippen molar-refractivity contribution in [2.75, 3.05) is 18.4 Å². The van der Waals surface area contributed by atoms with Crippen LogP contribution in [0.1, 0.15) is 16.8 Å². The van der Waals surface area contributed by atoms with E-state index in [-0.39, 0.29) is 23.0 Å². The van der Waals surface area contributed by atoms with Crippen LogP contribution in [0.25, 0.3) is 0 Å². The number of phenols is 1. The van der Waals surface area contributed by atoms with Gasteiger partial charge in [0.25, 0.3) is 0 Å². The van der Waals surface area contributed by atoms with Gasteiger partial charge in [-0.3, -0.25) is 0 Å². The number of carbonyl (C=O) groups excluding carboxylic acids is 1. The maximum absolute atomic E-state index is 12.0. The summed E-state index contributed by atoms with van der Waals surface area (Å²) in [6.45, 7) is 1.11. The van der Waals surface area contributed by atoms with Crippen molar-refractivity contribution in [2.24, 2.45) is 0 Å². The zero-order chi connectivity index (χ0) is 13.8. The molecule has 1 aliphatic rings. The molecule has 0 saturated heterocycles. The number of amides is 2. The van der Waals surface area contributed by atoms with Crippen LogP contribution in [0.4, 0.5) is 10.5 Å². The van der Waals surface area contributed by atoms with E-state index in [1.54, 1.807) is 4.90 Å². The molecule has 19 heavy (non-hydrogen) atoms. The second-order valence-corrected chi connectivity index (χ2v) is 4.17. The van der Waals surface area contributed by atoms with E-state index >= 15 is 0 Å². The molecule has 0 atom stereocenters. The Balaban J connectivity index is 2.16. The van der Waals surface area contributed by atoms with E-state index in [0.717, 1.165) is 12.5 Å². The molecule has 0 unspecified atom stereocenters. The van der Waals surface area contributed by atoms with Crippen LogP contribution < -0.4 is 5.32 Å². The number of rotatable bonds is 2. The number of phenolic OH excluding ortho intramolecular Hbond substituents is 1. The summed E-state index contributed by atoms with van der Waals surface area (Å²) in [5, 5.41) is 20.8.